The van der Waals surface area contributed by atoms with Crippen molar-refractivity contribution in [3.05, 3.63) is 35.9 Å². The normalized spacial score (nSPS) is 21.3. The van der Waals surface area contributed by atoms with Crippen LogP contribution in [0.3, 0.4) is 0 Å². The van der Waals surface area contributed by atoms with Gasteiger partial charge in [0, 0.05) is 13.7 Å². The van der Waals surface area contributed by atoms with Gasteiger partial charge in [-0.05, 0) is 24.4 Å². The number of likely N-dealkylation sites (tertiary alicyclic amines) is 1. The third-order valence-electron chi connectivity index (χ3n) is 3.73. The van der Waals surface area contributed by atoms with Crippen molar-refractivity contribution in [3.8, 4) is 0 Å². The Hall–Kier alpha value is -1.39. The van der Waals surface area contributed by atoms with Crippen LogP contribution in [0, 0.1) is 0 Å². The van der Waals surface area contributed by atoms with Crippen molar-refractivity contribution < 1.29 is 14.3 Å². The van der Waals surface area contributed by atoms with Crippen LogP contribution in [0.4, 0.5) is 0 Å². The zero-order valence-corrected chi connectivity index (χ0v) is 11.5. The Bertz CT molecular complexity index is 407. The highest BCUT2D eigenvalue weighted by molar-refractivity contribution is 5.75. The topological polar surface area (TPSA) is 38.8 Å². The maximum Gasteiger partial charge on any atom is 0.325 e. The molecule has 1 fully saturated rings. The third kappa shape index (κ3) is 3.33. The molecule has 0 saturated carbocycles. The molecule has 19 heavy (non-hydrogen) atoms. The molecule has 1 aliphatic heterocycles. The van der Waals surface area contributed by atoms with Gasteiger partial charge in [-0.2, -0.15) is 0 Å². The molecule has 0 N–H and O–H groups in total. The summed E-state index contributed by atoms with van der Waals surface area (Å²) in [5.41, 5.74) is 1.34. The van der Waals surface area contributed by atoms with Gasteiger partial charge in [0.1, 0.15) is 6.04 Å². The fourth-order valence-corrected chi connectivity index (χ4v) is 2.68. The summed E-state index contributed by atoms with van der Waals surface area (Å²) < 4.78 is 10.00. The molecule has 1 saturated heterocycles. The van der Waals surface area contributed by atoms with Crippen LogP contribution in [-0.2, 0) is 14.3 Å². The van der Waals surface area contributed by atoms with Gasteiger partial charge in [0.05, 0.1) is 13.7 Å². The van der Waals surface area contributed by atoms with Gasteiger partial charge in [0.25, 0.3) is 0 Å². The first-order valence-corrected chi connectivity index (χ1v) is 6.62. The lowest BCUT2D eigenvalue weighted by Crippen LogP contribution is -2.43. The van der Waals surface area contributed by atoms with Crippen molar-refractivity contribution in [2.45, 2.75) is 18.4 Å². The number of rotatable bonds is 5. The standard InChI is InChI=1S/C15H21NO3/c1-18-11-14(15(17)19-2)16-9-8-13(10-16)12-6-4-3-5-7-12/h3-7,13-14H,8-11H2,1-2H3/t13-,14?/m0/s1. The highest BCUT2D eigenvalue weighted by atomic mass is 16.5. The van der Waals surface area contributed by atoms with E-state index in [9.17, 15) is 4.79 Å². The van der Waals surface area contributed by atoms with Gasteiger partial charge in [-0.3, -0.25) is 9.69 Å². The molecule has 1 aromatic carbocycles. The molecule has 0 radical (unpaired) electrons. The maximum absolute atomic E-state index is 11.8. The average Bonchev–Trinajstić information content (AvgIpc) is 2.94. The first kappa shape index (κ1) is 14.0. The Morgan fingerprint density at radius 2 is 2.11 bits per heavy atom. The number of benzene rings is 1. The van der Waals surface area contributed by atoms with E-state index in [2.05, 4.69) is 29.2 Å². The molecule has 1 heterocycles. The van der Waals surface area contributed by atoms with Crippen LogP contribution in [0.5, 0.6) is 0 Å². The number of esters is 1. The van der Waals surface area contributed by atoms with Gasteiger partial charge in [0.15, 0.2) is 0 Å². The Labute approximate surface area is 114 Å². The van der Waals surface area contributed by atoms with Crippen LogP contribution >= 0.6 is 0 Å². The Morgan fingerprint density at radius 3 is 2.74 bits per heavy atom. The van der Waals surface area contributed by atoms with E-state index < -0.39 is 0 Å². The maximum atomic E-state index is 11.8. The summed E-state index contributed by atoms with van der Waals surface area (Å²) in [6, 6.07) is 10.2. The molecular formula is C15H21NO3. The van der Waals surface area contributed by atoms with Crippen LogP contribution in [-0.4, -0.2) is 50.8 Å². The van der Waals surface area contributed by atoms with E-state index in [-0.39, 0.29) is 12.0 Å². The molecule has 1 aliphatic rings. The molecule has 0 spiro atoms. The third-order valence-corrected chi connectivity index (χ3v) is 3.73. The van der Waals surface area contributed by atoms with Gasteiger partial charge in [-0.15, -0.1) is 0 Å². The lowest BCUT2D eigenvalue weighted by Gasteiger charge is -2.24. The van der Waals surface area contributed by atoms with E-state index in [1.165, 1.54) is 12.7 Å². The van der Waals surface area contributed by atoms with E-state index >= 15 is 0 Å². The Balaban J connectivity index is 2.02. The minimum absolute atomic E-state index is 0.212. The molecular weight excluding hydrogens is 242 g/mol. The van der Waals surface area contributed by atoms with Crippen LogP contribution in [0.15, 0.2) is 30.3 Å². The number of carbonyl (C=O) groups excluding carboxylic acids is 1. The monoisotopic (exact) mass is 263 g/mol. The predicted molar refractivity (Wildman–Crippen MR) is 73.1 cm³/mol. The molecule has 4 nitrogen and oxygen atoms in total. The van der Waals surface area contributed by atoms with E-state index in [1.807, 2.05) is 6.07 Å². The predicted octanol–water partition coefficient (Wildman–Crippen LogP) is 1.66. The highest BCUT2D eigenvalue weighted by Gasteiger charge is 2.33. The second-order valence-corrected chi connectivity index (χ2v) is 4.89. The van der Waals surface area contributed by atoms with E-state index in [0.717, 1.165) is 19.5 Å². The van der Waals surface area contributed by atoms with Crippen molar-refractivity contribution in [2.24, 2.45) is 0 Å². The second kappa shape index (κ2) is 6.68. The van der Waals surface area contributed by atoms with Crippen molar-refractivity contribution >= 4 is 5.97 Å². The largest absolute Gasteiger partial charge is 0.468 e. The first-order chi connectivity index (χ1) is 9.26. The van der Waals surface area contributed by atoms with Crippen molar-refractivity contribution in [1.82, 2.24) is 4.90 Å². The molecule has 104 valence electrons. The molecule has 0 aliphatic carbocycles. The van der Waals surface area contributed by atoms with Gasteiger partial charge >= 0.3 is 5.97 Å². The molecule has 4 heteroatoms. The summed E-state index contributed by atoms with van der Waals surface area (Å²) in [7, 11) is 3.04. The summed E-state index contributed by atoms with van der Waals surface area (Å²) in [4.78, 5) is 13.9. The van der Waals surface area contributed by atoms with Crippen LogP contribution in [0.1, 0.15) is 17.9 Å². The van der Waals surface area contributed by atoms with Crippen LogP contribution in [0.25, 0.3) is 0 Å². The fourth-order valence-electron chi connectivity index (χ4n) is 2.68. The highest BCUT2D eigenvalue weighted by Crippen LogP contribution is 2.28. The summed E-state index contributed by atoms with van der Waals surface area (Å²) in [6.45, 7) is 2.17. The van der Waals surface area contributed by atoms with Gasteiger partial charge in [-0.1, -0.05) is 30.3 Å². The van der Waals surface area contributed by atoms with Crippen molar-refractivity contribution in [3.63, 3.8) is 0 Å². The zero-order chi connectivity index (χ0) is 13.7. The van der Waals surface area contributed by atoms with Crippen molar-refractivity contribution in [1.29, 1.82) is 0 Å². The molecule has 0 amide bonds. The first-order valence-electron chi connectivity index (χ1n) is 6.62. The molecule has 1 aromatic rings. The van der Waals surface area contributed by atoms with Crippen molar-refractivity contribution in [2.75, 3.05) is 33.9 Å². The lowest BCUT2D eigenvalue weighted by atomic mass is 9.99. The minimum atomic E-state index is -0.288. The number of methoxy groups -OCH3 is 2. The smallest absolute Gasteiger partial charge is 0.325 e. The van der Waals surface area contributed by atoms with Gasteiger partial charge in [0.2, 0.25) is 0 Å². The average molecular weight is 263 g/mol. The molecule has 1 unspecified atom stereocenters. The van der Waals surface area contributed by atoms with Crippen LogP contribution < -0.4 is 0 Å². The zero-order valence-electron chi connectivity index (χ0n) is 11.5. The van der Waals surface area contributed by atoms with Crippen LogP contribution in [0.2, 0.25) is 0 Å². The summed E-state index contributed by atoms with van der Waals surface area (Å²) in [5, 5.41) is 0. The van der Waals surface area contributed by atoms with Gasteiger partial charge < -0.3 is 9.47 Å². The minimum Gasteiger partial charge on any atom is -0.468 e. The number of nitrogens with zero attached hydrogens (tertiary/aromatic N) is 1. The quantitative estimate of drug-likeness (QED) is 0.757. The number of carbonyl (C=O) groups is 1. The second-order valence-electron chi connectivity index (χ2n) is 4.89. The number of ether oxygens (including phenoxy) is 2. The molecule has 0 bridgehead atoms. The SMILES string of the molecule is COCC(C(=O)OC)N1CC[C@H](c2ccccc2)C1. The summed E-state index contributed by atoms with van der Waals surface area (Å²) in [5.74, 6) is 0.278. The number of hydrogen-bond acceptors (Lipinski definition) is 4. The van der Waals surface area contributed by atoms with E-state index in [0.29, 0.717) is 12.5 Å². The molecule has 0 aromatic heterocycles. The summed E-state index contributed by atoms with van der Waals surface area (Å²) >= 11 is 0. The van der Waals surface area contributed by atoms with E-state index in [1.54, 1.807) is 7.11 Å². The molecule has 2 rings (SSSR count). The lowest BCUT2D eigenvalue weighted by molar-refractivity contribution is -0.148. The Morgan fingerprint density at radius 1 is 1.37 bits per heavy atom. The number of hydrogen-bond donors (Lipinski definition) is 0. The van der Waals surface area contributed by atoms with Gasteiger partial charge in [-0.25, -0.2) is 0 Å². The van der Waals surface area contributed by atoms with E-state index in [4.69, 9.17) is 9.47 Å². The summed E-state index contributed by atoms with van der Waals surface area (Å²) in [6.07, 6.45) is 1.07. The Kier molecular flexibility index (Phi) is 4.93. The fraction of sp³-hybridized carbons (Fsp3) is 0.533. The molecule has 2 atom stereocenters.